The highest BCUT2D eigenvalue weighted by molar-refractivity contribution is 14.0. The summed E-state index contributed by atoms with van der Waals surface area (Å²) in [7, 11) is 6.99. The summed E-state index contributed by atoms with van der Waals surface area (Å²) >= 11 is 0. The Morgan fingerprint density at radius 1 is 1.42 bits per heavy atom. The number of hydrogen-bond acceptors (Lipinski definition) is 4. The summed E-state index contributed by atoms with van der Waals surface area (Å²) in [5.74, 6) is 0.574. The molecule has 0 fully saturated rings. The highest BCUT2D eigenvalue weighted by Crippen LogP contribution is 2.08. The fourth-order valence-electron chi connectivity index (χ4n) is 1.94. The van der Waals surface area contributed by atoms with E-state index in [1.165, 1.54) is 4.90 Å². The van der Waals surface area contributed by atoms with Gasteiger partial charge in [-0.05, 0) is 6.42 Å². The second-order valence-corrected chi connectivity index (χ2v) is 5.35. The molecule has 0 aliphatic rings. The van der Waals surface area contributed by atoms with E-state index in [0.717, 1.165) is 17.7 Å². The minimum atomic E-state index is -0.0122. The highest BCUT2D eigenvalue weighted by atomic mass is 127. The number of rotatable bonds is 8. The Bertz CT molecular complexity index is 530. The van der Waals surface area contributed by atoms with Crippen molar-refractivity contribution in [2.75, 3.05) is 40.9 Å². The minimum absolute atomic E-state index is 0. The largest absolute Gasteiger partial charge is 0.383 e. The number of halogens is 1. The molecule has 2 N–H and O–H groups in total. The molecule has 0 saturated carbocycles. The predicted molar refractivity (Wildman–Crippen MR) is 106 cm³/mol. The summed E-state index contributed by atoms with van der Waals surface area (Å²) < 4.78 is 6.82. The Morgan fingerprint density at radius 2 is 2.12 bits per heavy atom. The number of amides is 1. The van der Waals surface area contributed by atoms with Crippen LogP contribution < -0.4 is 10.6 Å². The molecule has 0 radical (unpaired) electrons. The third kappa shape index (κ3) is 7.95. The zero-order chi connectivity index (χ0) is 17.2. The van der Waals surface area contributed by atoms with Crippen molar-refractivity contribution in [3.63, 3.8) is 0 Å². The average molecular weight is 452 g/mol. The smallest absolute Gasteiger partial charge is 0.241 e. The fourth-order valence-corrected chi connectivity index (χ4v) is 1.94. The van der Waals surface area contributed by atoms with E-state index in [-0.39, 0.29) is 36.4 Å². The van der Waals surface area contributed by atoms with Crippen molar-refractivity contribution in [1.29, 1.82) is 0 Å². The van der Waals surface area contributed by atoms with Crippen LogP contribution in [0.5, 0.6) is 0 Å². The molecule has 0 atom stereocenters. The normalized spacial score (nSPS) is 11.0. The third-order valence-electron chi connectivity index (χ3n) is 3.24. The first-order chi connectivity index (χ1) is 11.0. The molecule has 8 nitrogen and oxygen atoms in total. The molecule has 0 saturated heterocycles. The maximum atomic E-state index is 11.7. The number of nitrogens with one attached hydrogen (secondary N) is 2. The van der Waals surface area contributed by atoms with Crippen molar-refractivity contribution in [1.82, 2.24) is 25.3 Å². The maximum absolute atomic E-state index is 11.7. The van der Waals surface area contributed by atoms with Crippen molar-refractivity contribution in [2.45, 2.75) is 19.9 Å². The molecule has 24 heavy (non-hydrogen) atoms. The fraction of sp³-hybridized carbons (Fsp3) is 0.667. The number of aromatic nitrogens is 2. The number of ether oxygens (including phenoxy) is 1. The van der Waals surface area contributed by atoms with E-state index >= 15 is 0 Å². The molecule has 1 heterocycles. The Kier molecular flexibility index (Phi) is 11.4. The second kappa shape index (κ2) is 12.1. The lowest BCUT2D eigenvalue weighted by atomic mass is 10.2. The number of carbonyl (C=O) groups is 1. The van der Waals surface area contributed by atoms with E-state index in [1.807, 2.05) is 13.2 Å². The monoisotopic (exact) mass is 452 g/mol. The van der Waals surface area contributed by atoms with Crippen LogP contribution in [-0.4, -0.2) is 67.4 Å². The Hall–Kier alpha value is -1.36. The molecule has 1 rings (SSSR count). The van der Waals surface area contributed by atoms with Crippen molar-refractivity contribution in [3.05, 3.63) is 17.5 Å². The Morgan fingerprint density at radius 3 is 2.71 bits per heavy atom. The number of hydrogen-bond donors (Lipinski definition) is 2. The number of guanidine groups is 1. The molecule has 9 heteroatoms. The average Bonchev–Trinajstić information content (AvgIpc) is 2.89. The van der Waals surface area contributed by atoms with Gasteiger partial charge in [0.2, 0.25) is 5.91 Å². The summed E-state index contributed by atoms with van der Waals surface area (Å²) in [6, 6.07) is 0. The Labute approximate surface area is 161 Å². The summed E-state index contributed by atoms with van der Waals surface area (Å²) in [5.41, 5.74) is 2.12. The molecule has 0 aliphatic heterocycles. The van der Waals surface area contributed by atoms with Gasteiger partial charge < -0.3 is 20.3 Å². The number of carbonyl (C=O) groups excluding carboxylic acids is 1. The van der Waals surface area contributed by atoms with Crippen LogP contribution in [0, 0.1) is 0 Å². The molecule has 0 bridgehead atoms. The van der Waals surface area contributed by atoms with Gasteiger partial charge in [0.15, 0.2) is 5.96 Å². The van der Waals surface area contributed by atoms with Gasteiger partial charge in [0.1, 0.15) is 0 Å². The van der Waals surface area contributed by atoms with E-state index in [9.17, 15) is 4.79 Å². The first-order valence-electron chi connectivity index (χ1n) is 7.70. The summed E-state index contributed by atoms with van der Waals surface area (Å²) in [5, 5.41) is 10.6. The number of aryl methyl sites for hydroxylation is 2. The lowest BCUT2D eigenvalue weighted by Crippen LogP contribution is -2.43. The van der Waals surface area contributed by atoms with Gasteiger partial charge in [-0.1, -0.05) is 6.92 Å². The molecule has 138 valence electrons. The predicted octanol–water partition coefficient (Wildman–Crippen LogP) is 0.370. The van der Waals surface area contributed by atoms with E-state index < -0.39 is 0 Å². The van der Waals surface area contributed by atoms with Crippen molar-refractivity contribution < 1.29 is 9.53 Å². The number of methoxy groups -OCH3 is 1. The molecule has 1 aromatic rings. The lowest BCUT2D eigenvalue weighted by molar-refractivity contribution is -0.127. The lowest BCUT2D eigenvalue weighted by Gasteiger charge is -2.14. The van der Waals surface area contributed by atoms with Crippen LogP contribution in [-0.2, 0) is 29.5 Å². The first kappa shape index (κ1) is 22.6. The number of likely N-dealkylation sites (N-methyl/N-ethyl adjacent to an activating group) is 1. The summed E-state index contributed by atoms with van der Waals surface area (Å²) in [6.07, 6.45) is 2.84. The molecular formula is C15H29IN6O2. The van der Waals surface area contributed by atoms with Crippen LogP contribution in [0.25, 0.3) is 0 Å². The Balaban J connectivity index is 0.00000529. The summed E-state index contributed by atoms with van der Waals surface area (Å²) in [6.45, 7) is 3.96. The van der Waals surface area contributed by atoms with Crippen LogP contribution in [0.15, 0.2) is 11.2 Å². The van der Waals surface area contributed by atoms with Gasteiger partial charge in [-0.25, -0.2) is 4.99 Å². The van der Waals surface area contributed by atoms with Gasteiger partial charge in [0.05, 0.1) is 25.4 Å². The van der Waals surface area contributed by atoms with Crippen molar-refractivity contribution in [2.24, 2.45) is 12.0 Å². The van der Waals surface area contributed by atoms with Crippen LogP contribution in [0.3, 0.4) is 0 Å². The van der Waals surface area contributed by atoms with Gasteiger partial charge in [0, 0.05) is 46.6 Å². The van der Waals surface area contributed by atoms with Crippen molar-refractivity contribution >= 4 is 35.8 Å². The molecule has 0 unspecified atom stereocenters. The molecule has 1 amide bonds. The third-order valence-corrected chi connectivity index (χ3v) is 3.24. The van der Waals surface area contributed by atoms with Crippen LogP contribution in [0.1, 0.15) is 18.2 Å². The van der Waals surface area contributed by atoms with Gasteiger partial charge in [0.25, 0.3) is 0 Å². The van der Waals surface area contributed by atoms with Crippen LogP contribution >= 0.6 is 24.0 Å². The van der Waals surface area contributed by atoms with Gasteiger partial charge in [-0.3, -0.25) is 9.48 Å². The zero-order valence-electron chi connectivity index (χ0n) is 15.1. The van der Waals surface area contributed by atoms with Gasteiger partial charge in [-0.2, -0.15) is 5.10 Å². The standard InChI is InChI=1S/C15H28N6O2.HI/c1-6-13-12(11-21(4)19-13)9-17-15(16-7-8-23-5)18-10-14(22)20(2)3;/h11H,6-10H2,1-5H3,(H2,16,17,18);1H. The minimum Gasteiger partial charge on any atom is -0.383 e. The van der Waals surface area contributed by atoms with E-state index in [4.69, 9.17) is 4.74 Å². The molecule has 0 aliphatic carbocycles. The second-order valence-electron chi connectivity index (χ2n) is 5.35. The van der Waals surface area contributed by atoms with Crippen LogP contribution in [0.4, 0.5) is 0 Å². The number of aliphatic imine (C=N–C) groups is 1. The van der Waals surface area contributed by atoms with E-state index in [1.54, 1.807) is 25.9 Å². The summed E-state index contributed by atoms with van der Waals surface area (Å²) in [4.78, 5) is 17.8. The van der Waals surface area contributed by atoms with E-state index in [0.29, 0.717) is 25.7 Å². The molecular weight excluding hydrogens is 423 g/mol. The SMILES string of the molecule is CCc1nn(C)cc1CN=C(NCCOC)NCC(=O)N(C)C.I. The maximum Gasteiger partial charge on any atom is 0.241 e. The van der Waals surface area contributed by atoms with Gasteiger partial charge >= 0.3 is 0 Å². The molecule has 1 aromatic heterocycles. The van der Waals surface area contributed by atoms with Crippen molar-refractivity contribution in [3.8, 4) is 0 Å². The van der Waals surface area contributed by atoms with Gasteiger partial charge in [-0.15, -0.1) is 24.0 Å². The zero-order valence-corrected chi connectivity index (χ0v) is 17.5. The quantitative estimate of drug-likeness (QED) is 0.258. The molecule has 0 aromatic carbocycles. The van der Waals surface area contributed by atoms with Crippen LogP contribution in [0.2, 0.25) is 0 Å². The first-order valence-corrected chi connectivity index (χ1v) is 7.70. The molecule has 0 spiro atoms. The highest BCUT2D eigenvalue weighted by Gasteiger charge is 2.08. The number of nitrogens with zero attached hydrogens (tertiary/aromatic N) is 4. The van der Waals surface area contributed by atoms with E-state index in [2.05, 4.69) is 27.6 Å². The topological polar surface area (TPSA) is 83.8 Å².